The SMILES string of the molecule is N#Cc1cccc(-c2ccc(C3(OCC(=O)Nc4cc(O)cc(O)c4)CCC(C4CCCCC4)CC3)cc2)c1. The van der Waals surface area contributed by atoms with Crippen molar-refractivity contribution in [3.8, 4) is 28.7 Å². The van der Waals surface area contributed by atoms with E-state index in [-0.39, 0.29) is 24.0 Å². The van der Waals surface area contributed by atoms with Crippen LogP contribution in [-0.2, 0) is 15.1 Å². The molecule has 0 heterocycles. The third-order valence-corrected chi connectivity index (χ3v) is 8.56. The molecule has 3 aromatic carbocycles. The number of hydrogen-bond donors (Lipinski definition) is 3. The van der Waals surface area contributed by atoms with E-state index in [2.05, 4.69) is 35.7 Å². The number of rotatable bonds is 7. The zero-order chi connectivity index (χ0) is 27.2. The van der Waals surface area contributed by atoms with E-state index < -0.39 is 5.60 Å². The van der Waals surface area contributed by atoms with E-state index in [9.17, 15) is 20.3 Å². The number of nitrogens with one attached hydrogen (secondary N) is 1. The quantitative estimate of drug-likeness (QED) is 0.302. The Balaban J connectivity index is 1.33. The number of anilines is 1. The van der Waals surface area contributed by atoms with Gasteiger partial charge in [0.15, 0.2) is 0 Å². The largest absolute Gasteiger partial charge is 0.508 e. The van der Waals surface area contributed by atoms with Crippen molar-refractivity contribution in [1.82, 2.24) is 0 Å². The minimum absolute atomic E-state index is 0.121. The van der Waals surface area contributed by atoms with E-state index in [1.807, 2.05) is 18.2 Å². The minimum atomic E-state index is -0.559. The molecule has 0 bridgehead atoms. The summed E-state index contributed by atoms with van der Waals surface area (Å²) in [5, 5.41) is 31.5. The highest BCUT2D eigenvalue weighted by Gasteiger charge is 2.40. The molecule has 2 fully saturated rings. The summed E-state index contributed by atoms with van der Waals surface area (Å²) in [7, 11) is 0. The molecule has 5 rings (SSSR count). The van der Waals surface area contributed by atoms with Crippen molar-refractivity contribution in [3.05, 3.63) is 77.9 Å². The second-order valence-electron chi connectivity index (χ2n) is 11.1. The van der Waals surface area contributed by atoms with E-state index >= 15 is 0 Å². The lowest BCUT2D eigenvalue weighted by Crippen LogP contribution is -2.38. The maximum absolute atomic E-state index is 12.8. The van der Waals surface area contributed by atoms with Crippen molar-refractivity contribution in [2.75, 3.05) is 11.9 Å². The maximum atomic E-state index is 12.8. The van der Waals surface area contributed by atoms with Crippen LogP contribution in [0.1, 0.15) is 68.9 Å². The average Bonchev–Trinajstić information content (AvgIpc) is 2.96. The first-order chi connectivity index (χ1) is 18.9. The van der Waals surface area contributed by atoms with Crippen LogP contribution in [0.3, 0.4) is 0 Å². The van der Waals surface area contributed by atoms with Gasteiger partial charge in [0.25, 0.3) is 0 Å². The van der Waals surface area contributed by atoms with E-state index in [1.165, 1.54) is 50.3 Å². The van der Waals surface area contributed by atoms with Crippen LogP contribution in [0.5, 0.6) is 11.5 Å². The smallest absolute Gasteiger partial charge is 0.250 e. The Morgan fingerprint density at radius 3 is 2.21 bits per heavy atom. The molecule has 3 aromatic rings. The molecule has 2 aliphatic carbocycles. The summed E-state index contributed by atoms with van der Waals surface area (Å²) in [4.78, 5) is 12.8. The van der Waals surface area contributed by atoms with Gasteiger partial charge in [0, 0.05) is 23.9 Å². The van der Waals surface area contributed by atoms with Gasteiger partial charge in [-0.3, -0.25) is 4.79 Å². The number of benzene rings is 3. The van der Waals surface area contributed by atoms with Crippen LogP contribution in [0, 0.1) is 23.2 Å². The standard InChI is InChI=1S/C33H36N2O4/c34-21-23-5-4-8-27(17-23)25-9-11-28(12-10-25)33(15-13-26(14-16-33)24-6-2-1-3-7-24)39-22-32(38)35-29-18-30(36)20-31(37)19-29/h4-5,8-12,17-20,24,26,36-37H,1-3,6-7,13-16,22H2,(H,35,38). The monoisotopic (exact) mass is 524 g/mol. The van der Waals surface area contributed by atoms with Crippen molar-refractivity contribution >= 4 is 11.6 Å². The molecule has 2 aliphatic rings. The van der Waals surface area contributed by atoms with Crippen molar-refractivity contribution < 1.29 is 19.7 Å². The third-order valence-electron chi connectivity index (χ3n) is 8.56. The van der Waals surface area contributed by atoms with Gasteiger partial charge in [-0.1, -0.05) is 68.5 Å². The molecular weight excluding hydrogens is 488 g/mol. The topological polar surface area (TPSA) is 103 Å². The number of phenols is 2. The summed E-state index contributed by atoms with van der Waals surface area (Å²) >= 11 is 0. The Labute approximate surface area is 230 Å². The van der Waals surface area contributed by atoms with Gasteiger partial charge in [0.05, 0.1) is 17.2 Å². The summed E-state index contributed by atoms with van der Waals surface area (Å²) in [6.07, 6.45) is 10.6. The number of aromatic hydroxyl groups is 2. The number of ether oxygens (including phenoxy) is 1. The Hall–Kier alpha value is -3.82. The molecule has 1 amide bonds. The Morgan fingerprint density at radius 2 is 1.54 bits per heavy atom. The molecule has 39 heavy (non-hydrogen) atoms. The molecule has 6 heteroatoms. The normalized spacial score (nSPS) is 21.7. The van der Waals surface area contributed by atoms with Crippen LogP contribution in [-0.4, -0.2) is 22.7 Å². The van der Waals surface area contributed by atoms with Crippen molar-refractivity contribution in [2.45, 2.75) is 63.4 Å². The molecule has 0 spiro atoms. The molecule has 3 N–H and O–H groups in total. The van der Waals surface area contributed by atoms with Crippen LogP contribution in [0.15, 0.2) is 66.7 Å². The van der Waals surface area contributed by atoms with E-state index in [0.29, 0.717) is 17.2 Å². The van der Waals surface area contributed by atoms with Gasteiger partial charge in [-0.05, 0) is 66.3 Å². The molecule has 202 valence electrons. The van der Waals surface area contributed by atoms with Gasteiger partial charge in [0.1, 0.15) is 18.1 Å². The second-order valence-corrected chi connectivity index (χ2v) is 11.1. The lowest BCUT2D eigenvalue weighted by molar-refractivity contribution is -0.134. The lowest BCUT2D eigenvalue weighted by atomic mass is 9.68. The minimum Gasteiger partial charge on any atom is -0.508 e. The number of amides is 1. The van der Waals surface area contributed by atoms with Gasteiger partial charge in [0.2, 0.25) is 5.91 Å². The summed E-state index contributed by atoms with van der Waals surface area (Å²) in [6.45, 7) is -0.128. The first kappa shape index (κ1) is 26.8. The lowest BCUT2D eigenvalue weighted by Gasteiger charge is -2.43. The van der Waals surface area contributed by atoms with Gasteiger partial charge >= 0.3 is 0 Å². The van der Waals surface area contributed by atoms with E-state index in [4.69, 9.17) is 4.74 Å². The summed E-state index contributed by atoms with van der Waals surface area (Å²) < 4.78 is 6.49. The fraction of sp³-hybridized carbons (Fsp3) is 0.394. The predicted octanol–water partition coefficient (Wildman–Crippen LogP) is 7.26. The number of carbonyl (C=O) groups excluding carboxylic acids is 1. The number of carbonyl (C=O) groups is 1. The zero-order valence-electron chi connectivity index (χ0n) is 22.2. The maximum Gasteiger partial charge on any atom is 0.250 e. The van der Waals surface area contributed by atoms with Gasteiger partial charge in [-0.2, -0.15) is 5.26 Å². The average molecular weight is 525 g/mol. The van der Waals surface area contributed by atoms with Crippen LogP contribution in [0.25, 0.3) is 11.1 Å². The third kappa shape index (κ3) is 6.43. The van der Waals surface area contributed by atoms with Gasteiger partial charge < -0.3 is 20.3 Å². The Morgan fingerprint density at radius 1 is 0.872 bits per heavy atom. The number of nitrogens with zero attached hydrogens (tertiary/aromatic N) is 1. The van der Waals surface area contributed by atoms with Crippen LogP contribution < -0.4 is 5.32 Å². The van der Waals surface area contributed by atoms with E-state index in [1.54, 1.807) is 6.07 Å². The second kappa shape index (κ2) is 11.9. The molecule has 6 nitrogen and oxygen atoms in total. The molecule has 0 aliphatic heterocycles. The van der Waals surface area contributed by atoms with Crippen molar-refractivity contribution in [1.29, 1.82) is 5.26 Å². The first-order valence-corrected chi connectivity index (χ1v) is 14.0. The molecule has 2 saturated carbocycles. The Kier molecular flexibility index (Phi) is 8.18. The molecular formula is C33H36N2O4. The predicted molar refractivity (Wildman–Crippen MR) is 151 cm³/mol. The zero-order valence-corrected chi connectivity index (χ0v) is 22.2. The Bertz CT molecular complexity index is 1310. The molecule has 0 atom stereocenters. The van der Waals surface area contributed by atoms with Crippen molar-refractivity contribution in [2.24, 2.45) is 11.8 Å². The highest BCUT2D eigenvalue weighted by molar-refractivity contribution is 5.92. The van der Waals surface area contributed by atoms with Crippen LogP contribution in [0.4, 0.5) is 5.69 Å². The summed E-state index contributed by atoms with van der Waals surface area (Å²) in [5.41, 5.74) is 3.47. The fourth-order valence-corrected chi connectivity index (χ4v) is 6.50. The fourth-order valence-electron chi connectivity index (χ4n) is 6.50. The number of phenolic OH excluding ortho intramolecular Hbond substituents is 2. The van der Waals surface area contributed by atoms with Crippen molar-refractivity contribution in [3.63, 3.8) is 0 Å². The highest BCUT2D eigenvalue weighted by Crippen LogP contribution is 2.47. The number of nitriles is 1. The highest BCUT2D eigenvalue weighted by atomic mass is 16.5. The van der Waals surface area contributed by atoms with Gasteiger partial charge in [-0.15, -0.1) is 0 Å². The number of hydrogen-bond acceptors (Lipinski definition) is 5. The van der Waals surface area contributed by atoms with Gasteiger partial charge in [-0.25, -0.2) is 0 Å². The molecule has 0 aromatic heterocycles. The van der Waals surface area contributed by atoms with Crippen LogP contribution >= 0.6 is 0 Å². The molecule has 0 unspecified atom stereocenters. The molecule has 0 saturated heterocycles. The molecule has 0 radical (unpaired) electrons. The van der Waals surface area contributed by atoms with Crippen LogP contribution in [0.2, 0.25) is 0 Å². The summed E-state index contributed by atoms with van der Waals surface area (Å²) in [5.74, 6) is 0.930. The first-order valence-electron chi connectivity index (χ1n) is 14.0. The van der Waals surface area contributed by atoms with E-state index in [0.717, 1.165) is 48.3 Å². The summed E-state index contributed by atoms with van der Waals surface area (Å²) in [6, 6.07) is 22.1.